The number of aliphatic carboxylic acids is 1. The second-order valence-electron chi connectivity index (χ2n) is 5.24. The van der Waals surface area contributed by atoms with Gasteiger partial charge in [-0.15, -0.1) is 0 Å². The molecular weight excluding hydrogens is 230 g/mol. The van der Waals surface area contributed by atoms with Crippen LogP contribution >= 0.6 is 0 Å². The number of carboxylic acids is 1. The van der Waals surface area contributed by atoms with Crippen LogP contribution in [0.3, 0.4) is 0 Å². The van der Waals surface area contributed by atoms with Gasteiger partial charge in [0.25, 0.3) is 0 Å². The molecule has 18 heavy (non-hydrogen) atoms. The van der Waals surface area contributed by atoms with Crippen LogP contribution in [0, 0.1) is 0 Å². The van der Waals surface area contributed by atoms with Gasteiger partial charge in [0, 0.05) is 19.1 Å². The molecule has 1 rings (SSSR count). The lowest BCUT2D eigenvalue weighted by molar-refractivity contribution is -0.139. The molecule has 2 N–H and O–H groups in total. The van der Waals surface area contributed by atoms with E-state index in [0.717, 1.165) is 26.2 Å². The summed E-state index contributed by atoms with van der Waals surface area (Å²) in [5, 5.41) is 12.1. The molecule has 5 nitrogen and oxygen atoms in total. The standard InChI is InChI=1S/C13H27N3O2/c1-4-14-12(13(17)18)6-9-16-8-5-7-15(3)10-11(16)2/h11-12,14H,4-10H2,1-3H3,(H,17,18). The van der Waals surface area contributed by atoms with Crippen molar-refractivity contribution in [3.63, 3.8) is 0 Å². The molecule has 0 saturated carbocycles. The van der Waals surface area contributed by atoms with Crippen molar-refractivity contribution in [3.05, 3.63) is 0 Å². The topological polar surface area (TPSA) is 55.8 Å². The molecule has 1 aliphatic heterocycles. The number of rotatable bonds is 6. The molecule has 5 heteroatoms. The van der Waals surface area contributed by atoms with Crippen molar-refractivity contribution >= 4 is 5.97 Å². The van der Waals surface area contributed by atoms with E-state index in [1.165, 1.54) is 6.42 Å². The molecule has 0 aromatic rings. The maximum atomic E-state index is 11.1. The van der Waals surface area contributed by atoms with Gasteiger partial charge in [-0.25, -0.2) is 0 Å². The van der Waals surface area contributed by atoms with Crippen molar-refractivity contribution < 1.29 is 9.90 Å². The van der Waals surface area contributed by atoms with Gasteiger partial charge in [-0.05, 0) is 46.4 Å². The van der Waals surface area contributed by atoms with Gasteiger partial charge in [0.05, 0.1) is 0 Å². The van der Waals surface area contributed by atoms with E-state index in [1.54, 1.807) is 0 Å². The molecule has 0 bridgehead atoms. The van der Waals surface area contributed by atoms with Gasteiger partial charge < -0.3 is 15.3 Å². The Hall–Kier alpha value is -0.650. The molecule has 106 valence electrons. The fourth-order valence-electron chi connectivity index (χ4n) is 2.61. The summed E-state index contributed by atoms with van der Waals surface area (Å²) < 4.78 is 0. The van der Waals surface area contributed by atoms with E-state index in [0.29, 0.717) is 19.0 Å². The molecule has 0 amide bonds. The number of nitrogens with zero attached hydrogens (tertiary/aromatic N) is 2. The Morgan fingerprint density at radius 2 is 2.22 bits per heavy atom. The highest BCUT2D eigenvalue weighted by Crippen LogP contribution is 2.09. The van der Waals surface area contributed by atoms with Crippen LogP contribution in [0.2, 0.25) is 0 Å². The summed E-state index contributed by atoms with van der Waals surface area (Å²) in [4.78, 5) is 15.8. The maximum Gasteiger partial charge on any atom is 0.320 e. The van der Waals surface area contributed by atoms with E-state index in [4.69, 9.17) is 5.11 Å². The molecule has 0 radical (unpaired) electrons. The summed E-state index contributed by atoms with van der Waals surface area (Å²) in [6.45, 7) is 9.01. The van der Waals surface area contributed by atoms with Gasteiger partial charge in [0.2, 0.25) is 0 Å². The Morgan fingerprint density at radius 3 is 2.83 bits per heavy atom. The van der Waals surface area contributed by atoms with Gasteiger partial charge >= 0.3 is 5.97 Å². The summed E-state index contributed by atoms with van der Waals surface area (Å²) in [6.07, 6.45) is 1.84. The smallest absolute Gasteiger partial charge is 0.320 e. The third kappa shape index (κ3) is 4.92. The zero-order chi connectivity index (χ0) is 13.5. The maximum absolute atomic E-state index is 11.1. The number of hydrogen-bond donors (Lipinski definition) is 2. The number of hydrogen-bond acceptors (Lipinski definition) is 4. The fourth-order valence-corrected chi connectivity index (χ4v) is 2.61. The lowest BCUT2D eigenvalue weighted by Crippen LogP contribution is -2.43. The van der Waals surface area contributed by atoms with E-state index in [9.17, 15) is 4.79 Å². The van der Waals surface area contributed by atoms with Crippen molar-refractivity contribution in [1.82, 2.24) is 15.1 Å². The molecule has 0 aromatic heterocycles. The quantitative estimate of drug-likeness (QED) is 0.724. The van der Waals surface area contributed by atoms with Crippen LogP contribution < -0.4 is 5.32 Å². The summed E-state index contributed by atoms with van der Waals surface area (Å²) in [5.74, 6) is -0.739. The molecular formula is C13H27N3O2. The summed E-state index contributed by atoms with van der Waals surface area (Å²) in [5.41, 5.74) is 0. The Labute approximate surface area is 110 Å². The van der Waals surface area contributed by atoms with Crippen LogP contribution in [-0.2, 0) is 4.79 Å². The second kappa shape index (κ2) is 7.71. The zero-order valence-electron chi connectivity index (χ0n) is 11.9. The molecule has 0 aliphatic carbocycles. The van der Waals surface area contributed by atoms with Gasteiger partial charge in [-0.3, -0.25) is 9.69 Å². The highest BCUT2D eigenvalue weighted by Gasteiger charge is 2.22. The first-order valence-electron chi connectivity index (χ1n) is 6.93. The van der Waals surface area contributed by atoms with Crippen molar-refractivity contribution in [2.75, 3.05) is 39.8 Å². The van der Waals surface area contributed by atoms with Gasteiger partial charge in [-0.2, -0.15) is 0 Å². The monoisotopic (exact) mass is 257 g/mol. The van der Waals surface area contributed by atoms with Gasteiger partial charge in [0.1, 0.15) is 6.04 Å². The first-order chi connectivity index (χ1) is 8.54. The largest absolute Gasteiger partial charge is 0.480 e. The van der Waals surface area contributed by atoms with Crippen LogP contribution in [0.5, 0.6) is 0 Å². The third-order valence-electron chi connectivity index (χ3n) is 3.64. The normalized spacial score (nSPS) is 24.7. The number of likely N-dealkylation sites (N-methyl/N-ethyl adjacent to an activating group) is 2. The molecule has 1 fully saturated rings. The molecule has 2 atom stereocenters. The fraction of sp³-hybridized carbons (Fsp3) is 0.923. The number of carbonyl (C=O) groups is 1. The zero-order valence-corrected chi connectivity index (χ0v) is 11.9. The minimum Gasteiger partial charge on any atom is -0.480 e. The Kier molecular flexibility index (Phi) is 6.60. The van der Waals surface area contributed by atoms with Crippen LogP contribution in [0.4, 0.5) is 0 Å². The van der Waals surface area contributed by atoms with E-state index >= 15 is 0 Å². The van der Waals surface area contributed by atoms with Gasteiger partial charge in [0.15, 0.2) is 0 Å². The predicted octanol–water partition coefficient (Wildman–Crippen LogP) is 0.465. The van der Waals surface area contributed by atoms with Crippen LogP contribution in [0.1, 0.15) is 26.7 Å². The lowest BCUT2D eigenvalue weighted by atomic mass is 10.1. The molecule has 1 heterocycles. The highest BCUT2D eigenvalue weighted by atomic mass is 16.4. The second-order valence-corrected chi connectivity index (χ2v) is 5.24. The molecule has 2 unspecified atom stereocenters. The van der Waals surface area contributed by atoms with E-state index in [1.807, 2.05) is 6.92 Å². The van der Waals surface area contributed by atoms with Crippen LogP contribution in [0.15, 0.2) is 0 Å². The minimum absolute atomic E-state index is 0.414. The Bertz CT molecular complexity index is 261. The van der Waals surface area contributed by atoms with Crippen molar-refractivity contribution in [3.8, 4) is 0 Å². The molecule has 0 spiro atoms. The van der Waals surface area contributed by atoms with Crippen LogP contribution in [-0.4, -0.2) is 72.7 Å². The Balaban J connectivity index is 2.42. The molecule has 1 aliphatic rings. The predicted molar refractivity (Wildman–Crippen MR) is 72.9 cm³/mol. The number of nitrogens with one attached hydrogen (secondary N) is 1. The Morgan fingerprint density at radius 1 is 1.50 bits per heavy atom. The SMILES string of the molecule is CCNC(CCN1CCCN(C)CC1C)C(=O)O. The summed E-state index contributed by atoms with van der Waals surface area (Å²) in [6, 6.07) is 0.0942. The lowest BCUT2D eigenvalue weighted by Gasteiger charge is -2.28. The molecule has 0 aromatic carbocycles. The van der Waals surface area contributed by atoms with E-state index in [2.05, 4.69) is 29.1 Å². The van der Waals surface area contributed by atoms with Crippen molar-refractivity contribution in [2.24, 2.45) is 0 Å². The minimum atomic E-state index is -0.739. The number of carboxylic acid groups (broad SMARTS) is 1. The first kappa shape index (κ1) is 15.4. The highest BCUT2D eigenvalue weighted by molar-refractivity contribution is 5.73. The third-order valence-corrected chi connectivity index (χ3v) is 3.64. The van der Waals surface area contributed by atoms with Crippen LogP contribution in [0.25, 0.3) is 0 Å². The average molecular weight is 257 g/mol. The van der Waals surface area contributed by atoms with Gasteiger partial charge in [-0.1, -0.05) is 6.92 Å². The molecule has 1 saturated heterocycles. The first-order valence-corrected chi connectivity index (χ1v) is 6.93. The van der Waals surface area contributed by atoms with Crippen molar-refractivity contribution in [1.29, 1.82) is 0 Å². The summed E-state index contributed by atoms with van der Waals surface area (Å²) in [7, 11) is 2.15. The van der Waals surface area contributed by atoms with E-state index < -0.39 is 12.0 Å². The van der Waals surface area contributed by atoms with Crippen molar-refractivity contribution in [2.45, 2.75) is 38.8 Å². The summed E-state index contributed by atoms with van der Waals surface area (Å²) >= 11 is 0. The average Bonchev–Trinajstić information content (AvgIpc) is 2.45. The van der Waals surface area contributed by atoms with E-state index in [-0.39, 0.29) is 0 Å².